The van der Waals surface area contributed by atoms with Crippen LogP contribution in [0.2, 0.25) is 0 Å². The molecule has 0 aromatic heterocycles. The van der Waals surface area contributed by atoms with Crippen molar-refractivity contribution in [2.75, 3.05) is 13.7 Å². The van der Waals surface area contributed by atoms with Gasteiger partial charge in [-0.1, -0.05) is 51.9 Å². The molecule has 2 aliphatic rings. The molecule has 0 bridgehead atoms. The first-order valence-electron chi connectivity index (χ1n) is 9.82. The molecule has 2 aliphatic carbocycles. The highest BCUT2D eigenvalue weighted by molar-refractivity contribution is 4.82. The predicted octanol–water partition coefficient (Wildman–Crippen LogP) is 6.22. The molecule has 0 amide bonds. The molecule has 0 N–H and O–H groups in total. The molecule has 0 atom stereocenters. The third kappa shape index (κ3) is 5.93. The highest BCUT2D eigenvalue weighted by Gasteiger charge is 2.30. The summed E-state index contributed by atoms with van der Waals surface area (Å²) in [5, 5.41) is 0. The van der Waals surface area contributed by atoms with Gasteiger partial charge in [-0.05, 0) is 62.2 Å². The van der Waals surface area contributed by atoms with Crippen LogP contribution in [0.3, 0.4) is 0 Å². The van der Waals surface area contributed by atoms with Gasteiger partial charge in [0.05, 0.1) is 0 Å². The summed E-state index contributed by atoms with van der Waals surface area (Å²) < 4.78 is 5.33. The standard InChI is InChI=1S/C20H38O/c1-3-4-5-6-7-17-8-12-19(13-9-17)20-14-10-18(11-15-20)16-21-2/h17-20H,3-16H2,1-2H3. The van der Waals surface area contributed by atoms with Gasteiger partial charge in [0.2, 0.25) is 0 Å². The second-order valence-corrected chi connectivity index (χ2v) is 7.87. The molecular formula is C20H38O. The van der Waals surface area contributed by atoms with Crippen molar-refractivity contribution >= 4 is 0 Å². The highest BCUT2D eigenvalue weighted by atomic mass is 16.5. The van der Waals surface area contributed by atoms with Crippen molar-refractivity contribution in [3.63, 3.8) is 0 Å². The Hall–Kier alpha value is -0.0400. The van der Waals surface area contributed by atoms with Gasteiger partial charge in [0.1, 0.15) is 0 Å². The van der Waals surface area contributed by atoms with Crippen LogP contribution in [0.25, 0.3) is 0 Å². The van der Waals surface area contributed by atoms with Gasteiger partial charge in [0.25, 0.3) is 0 Å². The topological polar surface area (TPSA) is 9.23 Å². The van der Waals surface area contributed by atoms with Crippen molar-refractivity contribution in [1.82, 2.24) is 0 Å². The summed E-state index contributed by atoms with van der Waals surface area (Å²) in [4.78, 5) is 0. The molecule has 2 fully saturated rings. The number of hydrogen-bond donors (Lipinski definition) is 0. The van der Waals surface area contributed by atoms with Crippen LogP contribution in [0.4, 0.5) is 0 Å². The van der Waals surface area contributed by atoms with E-state index in [1.165, 1.54) is 83.5 Å². The van der Waals surface area contributed by atoms with E-state index in [0.717, 1.165) is 30.3 Å². The number of rotatable bonds is 8. The lowest BCUT2D eigenvalue weighted by Crippen LogP contribution is -2.27. The number of hydrogen-bond acceptors (Lipinski definition) is 1. The Kier molecular flexibility index (Phi) is 8.14. The quantitative estimate of drug-likeness (QED) is 0.483. The Labute approximate surface area is 133 Å². The van der Waals surface area contributed by atoms with E-state index in [4.69, 9.17) is 4.74 Å². The van der Waals surface area contributed by atoms with E-state index in [1.807, 2.05) is 7.11 Å². The molecular weight excluding hydrogens is 256 g/mol. The summed E-state index contributed by atoms with van der Waals surface area (Å²) in [5.41, 5.74) is 0. The van der Waals surface area contributed by atoms with Crippen molar-refractivity contribution in [3.8, 4) is 0 Å². The van der Waals surface area contributed by atoms with Crippen molar-refractivity contribution in [2.24, 2.45) is 23.7 Å². The maximum Gasteiger partial charge on any atom is 0.0490 e. The fourth-order valence-corrected chi connectivity index (χ4v) is 4.87. The van der Waals surface area contributed by atoms with Crippen molar-refractivity contribution in [3.05, 3.63) is 0 Å². The molecule has 2 saturated carbocycles. The maximum atomic E-state index is 5.33. The second kappa shape index (κ2) is 9.87. The van der Waals surface area contributed by atoms with E-state index < -0.39 is 0 Å². The summed E-state index contributed by atoms with van der Waals surface area (Å²) in [6.45, 7) is 3.31. The Bertz CT molecular complexity index is 247. The van der Waals surface area contributed by atoms with Gasteiger partial charge in [0.15, 0.2) is 0 Å². The van der Waals surface area contributed by atoms with E-state index in [-0.39, 0.29) is 0 Å². The largest absolute Gasteiger partial charge is 0.384 e. The number of ether oxygens (including phenoxy) is 1. The smallest absolute Gasteiger partial charge is 0.0490 e. The summed E-state index contributed by atoms with van der Waals surface area (Å²) >= 11 is 0. The normalized spacial score (nSPS) is 34.0. The minimum atomic E-state index is 0.862. The van der Waals surface area contributed by atoms with Crippen LogP contribution in [0, 0.1) is 23.7 Å². The molecule has 0 spiro atoms. The van der Waals surface area contributed by atoms with Crippen LogP contribution < -0.4 is 0 Å². The average Bonchev–Trinajstić information content (AvgIpc) is 2.53. The third-order valence-electron chi connectivity index (χ3n) is 6.32. The molecule has 0 heterocycles. The van der Waals surface area contributed by atoms with Crippen LogP contribution in [-0.2, 0) is 4.74 Å². The van der Waals surface area contributed by atoms with Gasteiger partial charge in [-0.3, -0.25) is 0 Å². The molecule has 2 rings (SSSR count). The molecule has 21 heavy (non-hydrogen) atoms. The first-order valence-corrected chi connectivity index (χ1v) is 9.82. The molecule has 0 aromatic rings. The Balaban J connectivity index is 1.59. The van der Waals surface area contributed by atoms with E-state index in [2.05, 4.69) is 6.92 Å². The minimum Gasteiger partial charge on any atom is -0.384 e. The van der Waals surface area contributed by atoms with E-state index >= 15 is 0 Å². The summed E-state index contributed by atoms with van der Waals surface area (Å²) in [6.07, 6.45) is 19.3. The molecule has 0 saturated heterocycles. The zero-order chi connectivity index (χ0) is 14.9. The maximum absolute atomic E-state index is 5.33. The van der Waals surface area contributed by atoms with Crippen LogP contribution >= 0.6 is 0 Å². The van der Waals surface area contributed by atoms with Gasteiger partial charge in [-0.25, -0.2) is 0 Å². The van der Waals surface area contributed by atoms with Crippen molar-refractivity contribution in [2.45, 2.75) is 90.4 Å². The van der Waals surface area contributed by atoms with Gasteiger partial charge in [-0.2, -0.15) is 0 Å². The summed E-state index contributed by atoms with van der Waals surface area (Å²) in [7, 11) is 1.86. The Morgan fingerprint density at radius 3 is 1.81 bits per heavy atom. The van der Waals surface area contributed by atoms with Crippen LogP contribution in [0.5, 0.6) is 0 Å². The highest BCUT2D eigenvalue weighted by Crippen LogP contribution is 2.42. The van der Waals surface area contributed by atoms with Gasteiger partial charge >= 0.3 is 0 Å². The first kappa shape index (κ1) is 17.3. The van der Waals surface area contributed by atoms with Gasteiger partial charge in [0, 0.05) is 13.7 Å². The first-order chi connectivity index (χ1) is 10.3. The number of unbranched alkanes of at least 4 members (excludes halogenated alkanes) is 3. The lowest BCUT2D eigenvalue weighted by molar-refractivity contribution is 0.0925. The van der Waals surface area contributed by atoms with Crippen LogP contribution in [-0.4, -0.2) is 13.7 Å². The molecule has 0 radical (unpaired) electrons. The molecule has 0 aromatic carbocycles. The van der Waals surface area contributed by atoms with E-state index in [1.54, 1.807) is 0 Å². The van der Waals surface area contributed by atoms with Gasteiger partial charge in [-0.15, -0.1) is 0 Å². The van der Waals surface area contributed by atoms with Crippen LogP contribution in [0.1, 0.15) is 90.4 Å². The summed E-state index contributed by atoms with van der Waals surface area (Å²) in [6, 6.07) is 0. The van der Waals surface area contributed by atoms with Crippen molar-refractivity contribution < 1.29 is 4.74 Å². The SMILES string of the molecule is CCCCCCC1CCC(C2CCC(COC)CC2)CC1. The Morgan fingerprint density at radius 2 is 1.29 bits per heavy atom. The number of methoxy groups -OCH3 is 1. The zero-order valence-electron chi connectivity index (χ0n) is 14.6. The van der Waals surface area contributed by atoms with Gasteiger partial charge < -0.3 is 4.74 Å². The van der Waals surface area contributed by atoms with E-state index in [9.17, 15) is 0 Å². The third-order valence-corrected chi connectivity index (χ3v) is 6.32. The Morgan fingerprint density at radius 1 is 0.714 bits per heavy atom. The fourth-order valence-electron chi connectivity index (χ4n) is 4.87. The lowest BCUT2D eigenvalue weighted by atomic mass is 9.69. The predicted molar refractivity (Wildman–Crippen MR) is 91.5 cm³/mol. The lowest BCUT2D eigenvalue weighted by Gasteiger charge is -2.37. The van der Waals surface area contributed by atoms with Crippen molar-refractivity contribution in [1.29, 1.82) is 0 Å². The fraction of sp³-hybridized carbons (Fsp3) is 1.00. The van der Waals surface area contributed by atoms with Crippen LogP contribution in [0.15, 0.2) is 0 Å². The minimum absolute atomic E-state index is 0.862. The average molecular weight is 295 g/mol. The molecule has 1 heteroatoms. The molecule has 1 nitrogen and oxygen atoms in total. The molecule has 0 unspecified atom stereocenters. The molecule has 124 valence electrons. The monoisotopic (exact) mass is 294 g/mol. The second-order valence-electron chi connectivity index (χ2n) is 7.87. The zero-order valence-corrected chi connectivity index (χ0v) is 14.6. The molecule has 0 aliphatic heterocycles. The van der Waals surface area contributed by atoms with E-state index in [0.29, 0.717) is 0 Å². The summed E-state index contributed by atoms with van der Waals surface area (Å²) in [5.74, 6) is 4.06.